The van der Waals surface area contributed by atoms with Gasteiger partial charge in [-0.1, -0.05) is 24.3 Å². The van der Waals surface area contributed by atoms with Crippen molar-refractivity contribution in [2.24, 2.45) is 0 Å². The Morgan fingerprint density at radius 1 is 1.15 bits per heavy atom. The number of nitrogens with zero attached hydrogens (tertiary/aromatic N) is 1. The zero-order chi connectivity index (χ0) is 18.9. The topological polar surface area (TPSA) is 87.7 Å². The number of piperidine rings is 1. The van der Waals surface area contributed by atoms with E-state index in [9.17, 15) is 14.4 Å². The van der Waals surface area contributed by atoms with Crippen LogP contribution in [-0.4, -0.2) is 55.1 Å². The largest absolute Gasteiger partial charge is 0.450 e. The zero-order valence-electron chi connectivity index (χ0n) is 15.4. The van der Waals surface area contributed by atoms with Crippen molar-refractivity contribution < 1.29 is 19.1 Å². The normalized spacial score (nSPS) is 14.6. The van der Waals surface area contributed by atoms with Crippen LogP contribution >= 0.6 is 0 Å². The molecule has 1 fully saturated rings. The number of likely N-dealkylation sites (tertiary alicyclic amines) is 1. The van der Waals surface area contributed by atoms with Crippen LogP contribution in [0, 0.1) is 6.92 Å². The highest BCUT2D eigenvalue weighted by molar-refractivity contribution is 5.86. The summed E-state index contributed by atoms with van der Waals surface area (Å²) in [5, 5.41) is 5.56. The molecule has 2 rings (SSSR count). The molecule has 1 aliphatic heterocycles. The number of benzene rings is 1. The fraction of sp³-hybridized carbons (Fsp3) is 0.526. The molecule has 7 nitrogen and oxygen atoms in total. The van der Waals surface area contributed by atoms with Crippen LogP contribution in [0.5, 0.6) is 0 Å². The van der Waals surface area contributed by atoms with E-state index >= 15 is 0 Å². The van der Waals surface area contributed by atoms with E-state index in [-0.39, 0.29) is 36.9 Å². The molecule has 1 heterocycles. The number of aryl methyl sites for hydroxylation is 1. The first-order chi connectivity index (χ1) is 12.5. The Bertz CT molecular complexity index is 639. The van der Waals surface area contributed by atoms with Gasteiger partial charge in [0.2, 0.25) is 11.8 Å². The Labute approximate surface area is 154 Å². The van der Waals surface area contributed by atoms with Gasteiger partial charge >= 0.3 is 6.09 Å². The third kappa shape index (κ3) is 6.06. The Morgan fingerprint density at radius 3 is 2.50 bits per heavy atom. The third-order valence-electron chi connectivity index (χ3n) is 4.44. The van der Waals surface area contributed by atoms with Crippen molar-refractivity contribution in [1.29, 1.82) is 0 Å². The minimum atomic E-state index is -0.305. The monoisotopic (exact) mass is 361 g/mol. The number of carbonyl (C=O) groups excluding carboxylic acids is 3. The minimum Gasteiger partial charge on any atom is -0.450 e. The molecule has 0 spiro atoms. The summed E-state index contributed by atoms with van der Waals surface area (Å²) in [5.74, 6) is -0.385. The summed E-state index contributed by atoms with van der Waals surface area (Å²) in [6, 6.07) is 7.70. The van der Waals surface area contributed by atoms with Crippen LogP contribution in [0.4, 0.5) is 4.79 Å². The van der Waals surface area contributed by atoms with Crippen molar-refractivity contribution in [3.63, 3.8) is 0 Å². The van der Waals surface area contributed by atoms with Gasteiger partial charge in [0, 0.05) is 19.1 Å². The van der Waals surface area contributed by atoms with Crippen LogP contribution in [0.3, 0.4) is 0 Å². The van der Waals surface area contributed by atoms with Crippen molar-refractivity contribution in [2.75, 3.05) is 26.2 Å². The molecule has 1 saturated heterocycles. The number of nitrogens with one attached hydrogen (secondary N) is 2. The lowest BCUT2D eigenvalue weighted by atomic mass is 10.1. The van der Waals surface area contributed by atoms with E-state index in [0.717, 1.165) is 11.1 Å². The maximum Gasteiger partial charge on any atom is 0.409 e. The first kappa shape index (κ1) is 19.8. The van der Waals surface area contributed by atoms with Crippen LogP contribution in [-0.2, 0) is 20.7 Å². The summed E-state index contributed by atoms with van der Waals surface area (Å²) in [5.41, 5.74) is 2.01. The highest BCUT2D eigenvalue weighted by Gasteiger charge is 2.24. The summed E-state index contributed by atoms with van der Waals surface area (Å²) in [7, 11) is 0. The van der Waals surface area contributed by atoms with E-state index in [1.54, 1.807) is 11.8 Å². The molecule has 2 N–H and O–H groups in total. The van der Waals surface area contributed by atoms with Crippen LogP contribution in [0.25, 0.3) is 0 Å². The van der Waals surface area contributed by atoms with Gasteiger partial charge in [-0.15, -0.1) is 0 Å². The maximum atomic E-state index is 12.0. The molecule has 0 radical (unpaired) electrons. The fourth-order valence-electron chi connectivity index (χ4n) is 2.92. The summed E-state index contributed by atoms with van der Waals surface area (Å²) >= 11 is 0. The SMILES string of the molecule is CCOC(=O)N1CCC(NC(=O)CNC(=O)Cc2ccccc2C)CC1. The summed E-state index contributed by atoms with van der Waals surface area (Å²) in [4.78, 5) is 37.3. The number of ether oxygens (including phenoxy) is 1. The van der Waals surface area contributed by atoms with Gasteiger partial charge in [-0.25, -0.2) is 4.79 Å². The van der Waals surface area contributed by atoms with Crippen molar-refractivity contribution in [2.45, 2.75) is 39.2 Å². The Morgan fingerprint density at radius 2 is 1.85 bits per heavy atom. The van der Waals surface area contributed by atoms with Crippen molar-refractivity contribution in [3.05, 3.63) is 35.4 Å². The Hall–Kier alpha value is -2.57. The molecule has 0 bridgehead atoms. The Balaban J connectivity index is 1.67. The summed E-state index contributed by atoms with van der Waals surface area (Å²) in [6.07, 6.45) is 1.32. The van der Waals surface area contributed by atoms with E-state index in [4.69, 9.17) is 4.74 Å². The second-order valence-corrected chi connectivity index (χ2v) is 6.41. The lowest BCUT2D eigenvalue weighted by Crippen LogP contribution is -2.48. The lowest BCUT2D eigenvalue weighted by Gasteiger charge is -2.31. The molecule has 1 aliphatic rings. The number of amides is 3. The van der Waals surface area contributed by atoms with Crippen LogP contribution < -0.4 is 10.6 Å². The lowest BCUT2D eigenvalue weighted by molar-refractivity contribution is -0.126. The number of hydrogen-bond acceptors (Lipinski definition) is 4. The average molecular weight is 361 g/mol. The second kappa shape index (κ2) is 9.79. The summed E-state index contributed by atoms with van der Waals surface area (Å²) in [6.45, 7) is 5.17. The predicted molar refractivity (Wildman–Crippen MR) is 97.7 cm³/mol. The Kier molecular flexibility index (Phi) is 7.44. The second-order valence-electron chi connectivity index (χ2n) is 6.41. The molecule has 0 unspecified atom stereocenters. The van der Waals surface area contributed by atoms with Gasteiger partial charge in [-0.05, 0) is 37.8 Å². The molecule has 0 atom stereocenters. The average Bonchev–Trinajstić information content (AvgIpc) is 2.63. The highest BCUT2D eigenvalue weighted by Crippen LogP contribution is 2.11. The molecular weight excluding hydrogens is 334 g/mol. The van der Waals surface area contributed by atoms with E-state index in [2.05, 4.69) is 10.6 Å². The number of rotatable bonds is 6. The standard InChI is InChI=1S/C19H27N3O4/c1-3-26-19(25)22-10-8-16(9-11-22)21-18(24)13-20-17(23)12-15-7-5-4-6-14(15)2/h4-7,16H,3,8-13H2,1-2H3,(H,20,23)(H,21,24). The molecular formula is C19H27N3O4. The quantitative estimate of drug-likeness (QED) is 0.802. The van der Waals surface area contributed by atoms with Gasteiger partial charge in [0.05, 0.1) is 19.6 Å². The van der Waals surface area contributed by atoms with Crippen LogP contribution in [0.15, 0.2) is 24.3 Å². The third-order valence-corrected chi connectivity index (χ3v) is 4.44. The van der Waals surface area contributed by atoms with Crippen LogP contribution in [0.1, 0.15) is 30.9 Å². The smallest absolute Gasteiger partial charge is 0.409 e. The van der Waals surface area contributed by atoms with Crippen molar-refractivity contribution in [1.82, 2.24) is 15.5 Å². The molecule has 142 valence electrons. The molecule has 7 heteroatoms. The van der Waals surface area contributed by atoms with Gasteiger partial charge in [0.15, 0.2) is 0 Å². The van der Waals surface area contributed by atoms with E-state index in [0.29, 0.717) is 32.5 Å². The molecule has 0 saturated carbocycles. The molecule has 26 heavy (non-hydrogen) atoms. The van der Waals surface area contributed by atoms with Crippen LogP contribution in [0.2, 0.25) is 0 Å². The first-order valence-electron chi connectivity index (χ1n) is 9.02. The minimum absolute atomic E-state index is 0.0152. The van der Waals surface area contributed by atoms with E-state index in [1.165, 1.54) is 0 Å². The van der Waals surface area contributed by atoms with Gasteiger partial charge < -0.3 is 20.3 Å². The molecule has 0 aliphatic carbocycles. The van der Waals surface area contributed by atoms with Gasteiger partial charge in [-0.3, -0.25) is 9.59 Å². The summed E-state index contributed by atoms with van der Waals surface area (Å²) < 4.78 is 4.97. The molecule has 3 amide bonds. The van der Waals surface area contributed by atoms with Crippen molar-refractivity contribution >= 4 is 17.9 Å². The maximum absolute atomic E-state index is 12.0. The zero-order valence-corrected chi connectivity index (χ0v) is 15.4. The number of carbonyl (C=O) groups is 3. The fourth-order valence-corrected chi connectivity index (χ4v) is 2.92. The highest BCUT2D eigenvalue weighted by atomic mass is 16.6. The molecule has 0 aromatic heterocycles. The molecule has 1 aromatic rings. The van der Waals surface area contributed by atoms with Gasteiger partial charge in [-0.2, -0.15) is 0 Å². The predicted octanol–water partition coefficient (Wildman–Crippen LogP) is 1.39. The first-order valence-corrected chi connectivity index (χ1v) is 9.02. The van der Waals surface area contributed by atoms with E-state index < -0.39 is 0 Å². The van der Waals surface area contributed by atoms with Gasteiger partial charge in [0.25, 0.3) is 0 Å². The van der Waals surface area contributed by atoms with Crippen molar-refractivity contribution in [3.8, 4) is 0 Å². The number of hydrogen-bond donors (Lipinski definition) is 2. The van der Waals surface area contributed by atoms with E-state index in [1.807, 2.05) is 31.2 Å². The molecule has 1 aromatic carbocycles. The van der Waals surface area contributed by atoms with Gasteiger partial charge in [0.1, 0.15) is 0 Å².